The van der Waals surface area contributed by atoms with E-state index in [1.54, 1.807) is 31.9 Å². The number of benzene rings is 2. The van der Waals surface area contributed by atoms with Gasteiger partial charge >= 0.3 is 0 Å². The van der Waals surface area contributed by atoms with E-state index in [-0.39, 0.29) is 12.1 Å². The van der Waals surface area contributed by atoms with Crippen molar-refractivity contribution in [3.8, 4) is 17.2 Å². The molecule has 0 fully saturated rings. The number of anilines is 1. The molecule has 0 saturated heterocycles. The minimum atomic E-state index is -0.261. The average Bonchev–Trinajstić information content (AvgIpc) is 3.54. The van der Waals surface area contributed by atoms with E-state index in [0.717, 1.165) is 44.5 Å². The number of hydrogen-bond acceptors (Lipinski definition) is 7. The molecule has 7 nitrogen and oxygen atoms in total. The van der Waals surface area contributed by atoms with E-state index in [2.05, 4.69) is 39.0 Å². The zero-order valence-electron chi connectivity index (χ0n) is 17.5. The molecular formula is C24H20N4O3S. The lowest BCUT2D eigenvalue weighted by molar-refractivity contribution is 0.226. The van der Waals surface area contributed by atoms with E-state index in [1.807, 2.05) is 41.1 Å². The summed E-state index contributed by atoms with van der Waals surface area (Å²) >= 11 is 1.68. The molecular weight excluding hydrogens is 424 g/mol. The van der Waals surface area contributed by atoms with Crippen molar-refractivity contribution in [3.63, 3.8) is 0 Å². The average molecular weight is 445 g/mol. The fourth-order valence-electron chi connectivity index (χ4n) is 4.36. The van der Waals surface area contributed by atoms with Crippen LogP contribution >= 0.6 is 11.3 Å². The van der Waals surface area contributed by atoms with Crippen molar-refractivity contribution < 1.29 is 14.2 Å². The summed E-state index contributed by atoms with van der Waals surface area (Å²) in [5.74, 6) is 3.06. The minimum Gasteiger partial charge on any atom is -0.497 e. The molecule has 0 spiro atoms. The predicted octanol–water partition coefficient (Wildman–Crippen LogP) is 4.92. The summed E-state index contributed by atoms with van der Waals surface area (Å²) in [5.41, 5.74) is 4.07. The van der Waals surface area contributed by atoms with Crippen molar-refractivity contribution >= 4 is 23.0 Å². The van der Waals surface area contributed by atoms with Gasteiger partial charge in [0.15, 0.2) is 6.10 Å². The van der Waals surface area contributed by atoms with Gasteiger partial charge in [-0.3, -0.25) is 0 Å². The molecule has 0 bridgehead atoms. The third kappa shape index (κ3) is 2.87. The smallest absolute Gasteiger partial charge is 0.226 e. The number of aromatic nitrogens is 3. The number of nitrogens with one attached hydrogen (secondary N) is 1. The van der Waals surface area contributed by atoms with Gasteiger partial charge in [0.25, 0.3) is 0 Å². The molecule has 6 rings (SSSR count). The molecule has 160 valence electrons. The Kier molecular flexibility index (Phi) is 4.39. The zero-order chi connectivity index (χ0) is 21.7. The Morgan fingerprint density at radius 1 is 1.03 bits per heavy atom. The van der Waals surface area contributed by atoms with Gasteiger partial charge in [-0.2, -0.15) is 10.1 Å². The molecule has 2 aliphatic heterocycles. The van der Waals surface area contributed by atoms with E-state index in [1.165, 1.54) is 0 Å². The standard InChI is InChI=1S/C24H20N4O3S/c1-29-15-7-5-14(6-8-15)22-20-21(27-24-25-13-26-28(22)24)17-12-16(30-2)9-10-18(17)31-23(20)19-4-3-11-32-19/h3-13,22-23H,1-2H3,(H,25,26,27)/t22-,23+/m0/s1. The molecule has 2 aromatic carbocycles. The van der Waals surface area contributed by atoms with Gasteiger partial charge in [-0.05, 0) is 47.3 Å². The SMILES string of the molecule is COc1ccc([C@H]2C3=C(Nc4ncnn42)c2cc(OC)ccc2O[C@@H]3c2cccs2)cc1. The van der Waals surface area contributed by atoms with Crippen LogP contribution in [0.1, 0.15) is 28.1 Å². The number of methoxy groups -OCH3 is 2. The molecule has 2 aliphatic rings. The summed E-state index contributed by atoms with van der Waals surface area (Å²) in [4.78, 5) is 5.60. The van der Waals surface area contributed by atoms with E-state index in [9.17, 15) is 0 Å². The number of thiophene rings is 1. The summed E-state index contributed by atoms with van der Waals surface area (Å²) in [6.07, 6.45) is 1.31. The van der Waals surface area contributed by atoms with Gasteiger partial charge in [-0.1, -0.05) is 18.2 Å². The van der Waals surface area contributed by atoms with Gasteiger partial charge in [0.2, 0.25) is 5.95 Å². The van der Waals surface area contributed by atoms with Crippen molar-refractivity contribution in [1.82, 2.24) is 14.8 Å². The molecule has 4 aromatic rings. The van der Waals surface area contributed by atoms with Crippen LogP contribution in [0.2, 0.25) is 0 Å². The number of hydrogen-bond donors (Lipinski definition) is 1. The molecule has 0 radical (unpaired) electrons. The molecule has 1 N–H and O–H groups in total. The first kappa shape index (κ1) is 18.9. The van der Waals surface area contributed by atoms with Gasteiger partial charge in [-0.25, -0.2) is 4.68 Å². The van der Waals surface area contributed by atoms with Gasteiger partial charge in [0.1, 0.15) is 29.6 Å². The second-order valence-corrected chi connectivity index (χ2v) is 8.51. The fourth-order valence-corrected chi connectivity index (χ4v) is 5.13. The summed E-state index contributed by atoms with van der Waals surface area (Å²) in [7, 11) is 3.34. The van der Waals surface area contributed by atoms with Crippen LogP contribution in [0, 0.1) is 0 Å². The highest BCUT2D eigenvalue weighted by Gasteiger charge is 2.41. The Bertz CT molecular complexity index is 1310. The lowest BCUT2D eigenvalue weighted by Crippen LogP contribution is -2.32. The molecule has 32 heavy (non-hydrogen) atoms. The minimum absolute atomic E-state index is 0.193. The highest BCUT2D eigenvalue weighted by molar-refractivity contribution is 7.10. The molecule has 0 unspecified atom stereocenters. The monoisotopic (exact) mass is 444 g/mol. The molecule has 2 aromatic heterocycles. The summed E-state index contributed by atoms with van der Waals surface area (Å²) in [5, 5.41) is 10.1. The maximum Gasteiger partial charge on any atom is 0.226 e. The van der Waals surface area contributed by atoms with Crippen molar-refractivity contribution in [2.75, 3.05) is 19.5 Å². The van der Waals surface area contributed by atoms with Crippen LogP contribution in [0.4, 0.5) is 5.95 Å². The first-order valence-corrected chi connectivity index (χ1v) is 11.1. The summed E-state index contributed by atoms with van der Waals surface area (Å²) in [6, 6.07) is 17.9. The summed E-state index contributed by atoms with van der Waals surface area (Å²) < 4.78 is 19.4. The zero-order valence-corrected chi connectivity index (χ0v) is 18.3. The lowest BCUT2D eigenvalue weighted by atomic mass is 9.86. The van der Waals surface area contributed by atoms with Crippen LogP contribution in [0.5, 0.6) is 17.2 Å². The van der Waals surface area contributed by atoms with Crippen molar-refractivity contribution in [3.05, 3.63) is 87.9 Å². The van der Waals surface area contributed by atoms with Crippen LogP contribution in [0.3, 0.4) is 0 Å². The van der Waals surface area contributed by atoms with Crippen molar-refractivity contribution in [2.45, 2.75) is 12.1 Å². The highest BCUT2D eigenvalue weighted by atomic mass is 32.1. The fraction of sp³-hybridized carbons (Fsp3) is 0.167. The third-order valence-corrected chi connectivity index (χ3v) is 6.77. The highest BCUT2D eigenvalue weighted by Crippen LogP contribution is 2.51. The van der Waals surface area contributed by atoms with Gasteiger partial charge < -0.3 is 19.5 Å². The molecule has 4 heterocycles. The Labute approximate surface area is 188 Å². The Morgan fingerprint density at radius 2 is 1.84 bits per heavy atom. The maximum absolute atomic E-state index is 6.60. The molecule has 0 aliphatic carbocycles. The van der Waals surface area contributed by atoms with Crippen LogP contribution in [0.15, 0.2) is 71.9 Å². The largest absolute Gasteiger partial charge is 0.497 e. The Balaban J connectivity index is 1.61. The van der Waals surface area contributed by atoms with Gasteiger partial charge in [0.05, 0.1) is 19.9 Å². The number of nitrogens with zero attached hydrogens (tertiary/aromatic N) is 3. The molecule has 0 saturated carbocycles. The molecule has 0 amide bonds. The predicted molar refractivity (Wildman–Crippen MR) is 122 cm³/mol. The maximum atomic E-state index is 6.60. The summed E-state index contributed by atoms with van der Waals surface area (Å²) in [6.45, 7) is 0. The second-order valence-electron chi connectivity index (χ2n) is 7.53. The lowest BCUT2D eigenvalue weighted by Gasteiger charge is -2.38. The van der Waals surface area contributed by atoms with Crippen LogP contribution in [-0.2, 0) is 0 Å². The second kappa shape index (κ2) is 7.42. The first-order chi connectivity index (χ1) is 15.8. The topological polar surface area (TPSA) is 70.4 Å². The Hall–Kier alpha value is -3.78. The van der Waals surface area contributed by atoms with E-state index in [0.29, 0.717) is 5.95 Å². The van der Waals surface area contributed by atoms with E-state index < -0.39 is 0 Å². The van der Waals surface area contributed by atoms with Crippen molar-refractivity contribution in [2.24, 2.45) is 0 Å². The third-order valence-electron chi connectivity index (χ3n) is 5.85. The van der Waals surface area contributed by atoms with Crippen LogP contribution in [-0.4, -0.2) is 29.0 Å². The normalized spacial score (nSPS) is 18.7. The van der Waals surface area contributed by atoms with E-state index >= 15 is 0 Å². The first-order valence-electron chi connectivity index (χ1n) is 10.2. The van der Waals surface area contributed by atoms with Crippen molar-refractivity contribution in [1.29, 1.82) is 0 Å². The number of fused-ring (bicyclic) bond motifs is 3. The van der Waals surface area contributed by atoms with Crippen LogP contribution < -0.4 is 19.5 Å². The number of rotatable bonds is 4. The molecule has 8 heteroatoms. The van der Waals surface area contributed by atoms with Gasteiger partial charge in [-0.15, -0.1) is 11.3 Å². The quantitative estimate of drug-likeness (QED) is 0.482. The number of ether oxygens (including phenoxy) is 3. The Morgan fingerprint density at radius 3 is 2.59 bits per heavy atom. The van der Waals surface area contributed by atoms with Gasteiger partial charge in [0, 0.05) is 16.0 Å². The molecule has 2 atom stereocenters. The van der Waals surface area contributed by atoms with E-state index in [4.69, 9.17) is 14.2 Å². The van der Waals surface area contributed by atoms with Crippen LogP contribution in [0.25, 0.3) is 5.70 Å².